The number of phosphoric ester groups is 1. The number of likely N-dealkylation sites (N-methyl/N-ethyl adjacent to an activating group) is 1. The normalized spacial score (nSPS) is 14.8. The van der Waals surface area contributed by atoms with E-state index in [4.69, 9.17) is 9.05 Å². The minimum atomic E-state index is -4.57. The van der Waals surface area contributed by atoms with Gasteiger partial charge in [-0.3, -0.25) is 9.36 Å². The van der Waals surface area contributed by atoms with Crippen LogP contribution in [0.25, 0.3) is 0 Å². The van der Waals surface area contributed by atoms with Crippen LogP contribution in [-0.4, -0.2) is 68.5 Å². The van der Waals surface area contributed by atoms with Crippen molar-refractivity contribution in [1.29, 1.82) is 0 Å². The van der Waals surface area contributed by atoms with Gasteiger partial charge in [-0.1, -0.05) is 172 Å². The first-order valence-electron chi connectivity index (χ1n) is 21.8. The molecule has 3 atom stereocenters. The summed E-state index contributed by atoms with van der Waals surface area (Å²) in [4.78, 5) is 25.3. The van der Waals surface area contributed by atoms with Gasteiger partial charge in [0.2, 0.25) is 5.91 Å². The van der Waals surface area contributed by atoms with E-state index in [2.05, 4.69) is 55.6 Å². The van der Waals surface area contributed by atoms with Crippen LogP contribution in [-0.2, 0) is 18.4 Å². The first kappa shape index (κ1) is 51.7. The van der Waals surface area contributed by atoms with Crippen LogP contribution in [0.5, 0.6) is 0 Å². The van der Waals surface area contributed by atoms with Crippen molar-refractivity contribution in [2.24, 2.45) is 0 Å². The van der Waals surface area contributed by atoms with Gasteiger partial charge in [-0.2, -0.15) is 0 Å². The number of nitrogens with one attached hydrogen (secondary N) is 1. The molecule has 2 N–H and O–H groups in total. The quantitative estimate of drug-likeness (QED) is 0.0279. The smallest absolute Gasteiger partial charge is 0.268 e. The van der Waals surface area contributed by atoms with Crippen LogP contribution < -0.4 is 10.2 Å². The summed E-state index contributed by atoms with van der Waals surface area (Å²) in [6.45, 7) is 4.58. The molecule has 0 saturated heterocycles. The van der Waals surface area contributed by atoms with Crippen molar-refractivity contribution in [2.45, 2.75) is 199 Å². The Labute approximate surface area is 327 Å². The summed E-state index contributed by atoms with van der Waals surface area (Å²) in [5, 5.41) is 13.9. The molecule has 1 amide bonds. The number of aliphatic hydroxyl groups is 1. The molecule has 0 aliphatic carbocycles. The zero-order valence-corrected chi connectivity index (χ0v) is 36.1. The average molecular weight is 769 g/mol. The number of unbranched alkanes of at least 4 members (excludes halogenated alkanes) is 20. The second-order valence-electron chi connectivity index (χ2n) is 16.0. The lowest BCUT2D eigenvalue weighted by Gasteiger charge is -2.30. The lowest BCUT2D eigenvalue weighted by atomic mass is 10.0. The third-order valence-corrected chi connectivity index (χ3v) is 10.6. The number of nitrogens with zero attached hydrogens (tertiary/aromatic N) is 1. The van der Waals surface area contributed by atoms with E-state index >= 15 is 0 Å². The molecule has 3 unspecified atom stereocenters. The Hall–Kier alpha value is -1.28. The number of amides is 1. The summed E-state index contributed by atoms with van der Waals surface area (Å²) in [7, 11) is 1.28. The van der Waals surface area contributed by atoms with Crippen LogP contribution in [0.4, 0.5) is 0 Å². The number of carbonyl (C=O) groups excluding carboxylic acids is 1. The first-order valence-corrected chi connectivity index (χ1v) is 23.3. The van der Waals surface area contributed by atoms with Gasteiger partial charge in [0.15, 0.2) is 0 Å². The first-order chi connectivity index (χ1) is 25.5. The number of phosphoric acid groups is 1. The van der Waals surface area contributed by atoms with E-state index in [0.29, 0.717) is 23.9 Å². The molecular formula is C44H85N2O6P. The molecule has 0 bridgehead atoms. The number of hydrogen-bond donors (Lipinski definition) is 2. The third-order valence-electron chi connectivity index (χ3n) is 9.64. The second-order valence-corrected chi connectivity index (χ2v) is 17.4. The van der Waals surface area contributed by atoms with Crippen molar-refractivity contribution in [3.8, 4) is 0 Å². The topological polar surface area (TPSA) is 108 Å². The van der Waals surface area contributed by atoms with Gasteiger partial charge in [0.25, 0.3) is 7.82 Å². The van der Waals surface area contributed by atoms with Crippen LogP contribution in [0.2, 0.25) is 0 Å². The Morgan fingerprint density at radius 2 is 1.15 bits per heavy atom. The molecule has 0 aromatic heterocycles. The molecule has 0 aromatic carbocycles. The highest BCUT2D eigenvalue weighted by molar-refractivity contribution is 7.45. The molecular weight excluding hydrogens is 683 g/mol. The molecule has 0 aliphatic rings. The van der Waals surface area contributed by atoms with Crippen LogP contribution >= 0.6 is 7.82 Å². The summed E-state index contributed by atoms with van der Waals surface area (Å²) in [6.07, 6.45) is 42.9. The number of carbonyl (C=O) groups is 1. The van der Waals surface area contributed by atoms with Gasteiger partial charge in [-0.25, -0.2) is 0 Å². The Morgan fingerprint density at radius 3 is 1.66 bits per heavy atom. The molecule has 0 radical (unpaired) electrons. The van der Waals surface area contributed by atoms with Crippen molar-refractivity contribution in [3.05, 3.63) is 36.5 Å². The highest BCUT2D eigenvalue weighted by Gasteiger charge is 2.24. The monoisotopic (exact) mass is 769 g/mol. The molecule has 312 valence electrons. The van der Waals surface area contributed by atoms with Crippen molar-refractivity contribution < 1.29 is 32.9 Å². The van der Waals surface area contributed by atoms with Gasteiger partial charge in [-0.05, 0) is 44.9 Å². The van der Waals surface area contributed by atoms with E-state index in [1.807, 2.05) is 21.1 Å². The molecule has 53 heavy (non-hydrogen) atoms. The SMILES string of the molecule is CC/C=C\C/C=C\C/C=C\CCCCCC(=O)NC(COP(=O)([O-])OCC[N+](C)(C)C)C(O)CCCCCCCCCCCCCCCCCCCC. The second kappa shape index (κ2) is 36.4. The highest BCUT2D eigenvalue weighted by Crippen LogP contribution is 2.38. The predicted molar refractivity (Wildman–Crippen MR) is 224 cm³/mol. The van der Waals surface area contributed by atoms with Gasteiger partial charge >= 0.3 is 0 Å². The summed E-state index contributed by atoms with van der Waals surface area (Å²) < 4.78 is 23.2. The molecule has 0 fully saturated rings. The Bertz CT molecular complexity index is 964. The molecule has 8 nitrogen and oxygen atoms in total. The van der Waals surface area contributed by atoms with Gasteiger partial charge in [0.1, 0.15) is 13.2 Å². The molecule has 0 rings (SSSR count). The Balaban J connectivity index is 4.39. The standard InChI is InChI=1S/C44H85N2O6P/c1-6-8-10-12-14-16-18-20-21-22-23-24-26-27-29-31-33-35-37-43(47)42(41-52-53(49,50)51-40-39-46(3,4)5)45-44(48)38-36-34-32-30-28-25-19-17-15-13-11-9-7-2/h9,11,15,17,25,28,42-43,47H,6-8,10,12-14,16,18-24,26-27,29-41H2,1-5H3,(H-,45,48,49,50)/b11-9-,17-15-,28-25-. The van der Waals surface area contributed by atoms with Crippen LogP contribution in [0.3, 0.4) is 0 Å². The van der Waals surface area contributed by atoms with E-state index in [1.165, 1.54) is 96.3 Å². The van der Waals surface area contributed by atoms with E-state index in [-0.39, 0.29) is 19.1 Å². The predicted octanol–water partition coefficient (Wildman–Crippen LogP) is 11.3. The average Bonchev–Trinajstić information content (AvgIpc) is 3.10. The fourth-order valence-electron chi connectivity index (χ4n) is 6.17. The minimum Gasteiger partial charge on any atom is -0.756 e. The number of rotatable bonds is 39. The maximum absolute atomic E-state index is 12.8. The van der Waals surface area contributed by atoms with Crippen LogP contribution in [0.15, 0.2) is 36.5 Å². The molecule has 9 heteroatoms. The molecule has 0 aromatic rings. The van der Waals surface area contributed by atoms with E-state index in [9.17, 15) is 19.4 Å². The van der Waals surface area contributed by atoms with Gasteiger partial charge in [-0.15, -0.1) is 0 Å². The van der Waals surface area contributed by atoms with Crippen molar-refractivity contribution in [1.82, 2.24) is 5.32 Å². The Morgan fingerprint density at radius 1 is 0.679 bits per heavy atom. The van der Waals surface area contributed by atoms with E-state index in [1.54, 1.807) is 0 Å². The van der Waals surface area contributed by atoms with Gasteiger partial charge in [0, 0.05) is 6.42 Å². The van der Waals surface area contributed by atoms with Crippen LogP contribution in [0.1, 0.15) is 187 Å². The summed E-state index contributed by atoms with van der Waals surface area (Å²) in [5.41, 5.74) is 0. The summed E-state index contributed by atoms with van der Waals surface area (Å²) >= 11 is 0. The summed E-state index contributed by atoms with van der Waals surface area (Å²) in [5.74, 6) is -0.195. The fourth-order valence-corrected chi connectivity index (χ4v) is 6.89. The van der Waals surface area contributed by atoms with Gasteiger partial charge in [0.05, 0.1) is 39.9 Å². The van der Waals surface area contributed by atoms with Crippen LogP contribution in [0, 0.1) is 0 Å². The molecule has 0 heterocycles. The van der Waals surface area contributed by atoms with E-state index in [0.717, 1.165) is 64.2 Å². The lowest BCUT2D eigenvalue weighted by Crippen LogP contribution is -2.46. The molecule has 0 saturated carbocycles. The molecule has 0 spiro atoms. The highest BCUT2D eigenvalue weighted by atomic mass is 31.2. The largest absolute Gasteiger partial charge is 0.756 e. The Kier molecular flexibility index (Phi) is 35.5. The number of quaternary nitrogens is 1. The summed E-state index contributed by atoms with van der Waals surface area (Å²) in [6, 6.07) is -0.814. The van der Waals surface area contributed by atoms with Crippen molar-refractivity contribution in [3.63, 3.8) is 0 Å². The van der Waals surface area contributed by atoms with E-state index < -0.39 is 20.0 Å². The molecule has 0 aliphatic heterocycles. The number of hydrogen-bond acceptors (Lipinski definition) is 6. The van der Waals surface area contributed by atoms with Crippen molar-refractivity contribution >= 4 is 13.7 Å². The number of allylic oxidation sites excluding steroid dienone is 6. The third kappa shape index (κ3) is 38.8. The van der Waals surface area contributed by atoms with Crippen molar-refractivity contribution in [2.75, 3.05) is 40.9 Å². The maximum atomic E-state index is 12.8. The minimum absolute atomic E-state index is 0.00565. The lowest BCUT2D eigenvalue weighted by molar-refractivity contribution is -0.870. The van der Waals surface area contributed by atoms with Gasteiger partial charge < -0.3 is 28.8 Å². The zero-order valence-electron chi connectivity index (χ0n) is 35.2. The number of aliphatic hydroxyl groups excluding tert-OH is 1. The maximum Gasteiger partial charge on any atom is 0.268 e. The zero-order chi connectivity index (χ0) is 39.3. The fraction of sp³-hybridized carbons (Fsp3) is 0.841.